The van der Waals surface area contributed by atoms with E-state index in [0.717, 1.165) is 6.42 Å². The van der Waals surface area contributed by atoms with Crippen molar-refractivity contribution in [1.82, 2.24) is 9.97 Å². The van der Waals surface area contributed by atoms with E-state index in [9.17, 15) is 18.0 Å². The second-order valence-electron chi connectivity index (χ2n) is 7.89. The number of nitrogens with one attached hydrogen (secondary N) is 1. The van der Waals surface area contributed by atoms with E-state index in [4.69, 9.17) is 9.47 Å². The van der Waals surface area contributed by atoms with Crippen LogP contribution in [-0.2, 0) is 19.6 Å². The number of sulfonamides is 1. The van der Waals surface area contributed by atoms with Gasteiger partial charge < -0.3 is 9.47 Å². The molecule has 10 nitrogen and oxygen atoms in total. The van der Waals surface area contributed by atoms with E-state index in [0.29, 0.717) is 5.69 Å². The van der Waals surface area contributed by atoms with Crippen molar-refractivity contribution in [1.29, 1.82) is 0 Å². The number of rotatable bonds is 6. The Balaban J connectivity index is 1.38. The van der Waals surface area contributed by atoms with Gasteiger partial charge in [-0.05, 0) is 42.5 Å². The molecule has 0 spiro atoms. The molecule has 11 heteroatoms. The van der Waals surface area contributed by atoms with Crippen molar-refractivity contribution in [2.75, 3.05) is 23.8 Å². The Hall–Kier alpha value is -3.47. The first-order valence-electron chi connectivity index (χ1n) is 9.98. The maximum absolute atomic E-state index is 12.9. The fourth-order valence-electron chi connectivity index (χ4n) is 4.78. The van der Waals surface area contributed by atoms with Crippen LogP contribution in [0, 0.1) is 23.7 Å². The van der Waals surface area contributed by atoms with E-state index in [1.165, 1.54) is 49.5 Å². The van der Waals surface area contributed by atoms with Gasteiger partial charge in [0.2, 0.25) is 17.7 Å². The number of amides is 2. The molecule has 2 aliphatic carbocycles. The summed E-state index contributed by atoms with van der Waals surface area (Å²) in [6, 6.07) is 6.86. The second kappa shape index (κ2) is 7.30. The Kier molecular flexibility index (Phi) is 4.66. The molecule has 4 atom stereocenters. The molecule has 1 saturated heterocycles. The third-order valence-corrected chi connectivity index (χ3v) is 7.56. The van der Waals surface area contributed by atoms with Gasteiger partial charge in [-0.1, -0.05) is 12.2 Å². The highest BCUT2D eigenvalue weighted by Gasteiger charge is 2.59. The van der Waals surface area contributed by atoms with E-state index in [1.54, 1.807) is 0 Å². The molecule has 1 aliphatic heterocycles. The van der Waals surface area contributed by atoms with Crippen molar-refractivity contribution in [3.8, 4) is 11.9 Å². The molecule has 2 aromatic rings. The molecule has 1 saturated carbocycles. The highest BCUT2D eigenvalue weighted by atomic mass is 32.2. The summed E-state index contributed by atoms with van der Waals surface area (Å²) in [6.07, 6.45) is 4.90. The number of ether oxygens (including phenoxy) is 2. The van der Waals surface area contributed by atoms with Crippen LogP contribution in [0.5, 0.6) is 11.9 Å². The molecule has 1 N–H and O–H groups in total. The lowest BCUT2D eigenvalue weighted by Crippen LogP contribution is -2.32. The van der Waals surface area contributed by atoms with Crippen molar-refractivity contribution in [3.05, 3.63) is 42.5 Å². The molecule has 3 aliphatic rings. The SMILES string of the molecule is COc1cc(NS(=O)(=O)c2ccc(N3C(=O)[C@@H]4[C@H](C3=O)[C@@H]3C=C[C@H]4C3)cc2)nc(OC)n1. The number of nitrogens with zero attached hydrogens (tertiary/aromatic N) is 3. The molecule has 5 rings (SSSR count). The highest BCUT2D eigenvalue weighted by molar-refractivity contribution is 7.92. The monoisotopic (exact) mass is 456 g/mol. The van der Waals surface area contributed by atoms with E-state index in [-0.39, 0.29) is 58.1 Å². The Morgan fingerprint density at radius 1 is 0.969 bits per heavy atom. The third-order valence-electron chi connectivity index (χ3n) is 6.19. The summed E-state index contributed by atoms with van der Waals surface area (Å²) in [4.78, 5) is 34.9. The number of methoxy groups -OCH3 is 2. The standard InChI is InChI=1S/C21H20N4O6S/c1-30-16-10-15(22-21(23-16)31-2)24-32(28,29)14-7-5-13(6-8-14)25-19(26)17-11-3-4-12(9-11)18(17)20(25)27/h3-8,10-12,17-18H,9H2,1-2H3,(H,22,23,24)/t11-,12+,17-,18+. The summed E-state index contributed by atoms with van der Waals surface area (Å²) < 4.78 is 37.9. The van der Waals surface area contributed by atoms with Crippen LogP contribution in [0.2, 0.25) is 0 Å². The number of hydrogen-bond acceptors (Lipinski definition) is 8. The predicted molar refractivity (Wildman–Crippen MR) is 113 cm³/mol. The summed E-state index contributed by atoms with van der Waals surface area (Å²) in [5, 5.41) is 0. The van der Waals surface area contributed by atoms with E-state index in [1.807, 2.05) is 12.2 Å². The molecule has 2 fully saturated rings. The summed E-state index contributed by atoms with van der Waals surface area (Å²) in [5.74, 6) is -0.746. The van der Waals surface area contributed by atoms with Crippen LogP contribution >= 0.6 is 0 Å². The Bertz CT molecular complexity index is 1190. The van der Waals surface area contributed by atoms with Gasteiger partial charge in [0, 0.05) is 6.07 Å². The number of allylic oxidation sites excluding steroid dienone is 2. The summed E-state index contributed by atoms with van der Waals surface area (Å²) in [7, 11) is -1.27. The average Bonchev–Trinajstić information content (AvgIpc) is 3.47. The maximum atomic E-state index is 12.9. The molecule has 0 radical (unpaired) electrons. The molecule has 166 valence electrons. The molecule has 32 heavy (non-hydrogen) atoms. The molecule has 2 bridgehead atoms. The first-order valence-corrected chi connectivity index (χ1v) is 11.5. The van der Waals surface area contributed by atoms with Crippen LogP contribution in [0.4, 0.5) is 11.5 Å². The number of imide groups is 1. The van der Waals surface area contributed by atoms with Crippen LogP contribution in [0.3, 0.4) is 0 Å². The molecule has 1 aromatic carbocycles. The zero-order chi connectivity index (χ0) is 22.6. The normalized spacial score (nSPS) is 25.9. The van der Waals surface area contributed by atoms with Gasteiger partial charge in [0.05, 0.1) is 36.6 Å². The van der Waals surface area contributed by atoms with Crippen LogP contribution in [0.1, 0.15) is 6.42 Å². The van der Waals surface area contributed by atoms with Crippen LogP contribution in [0.25, 0.3) is 0 Å². The topological polar surface area (TPSA) is 128 Å². The van der Waals surface area contributed by atoms with Gasteiger partial charge in [-0.2, -0.15) is 9.97 Å². The van der Waals surface area contributed by atoms with Crippen molar-refractivity contribution >= 4 is 33.3 Å². The number of aromatic nitrogens is 2. The van der Waals surface area contributed by atoms with E-state index in [2.05, 4.69) is 14.7 Å². The van der Waals surface area contributed by atoms with Gasteiger partial charge in [-0.15, -0.1) is 0 Å². The quantitative estimate of drug-likeness (QED) is 0.513. The van der Waals surface area contributed by atoms with E-state index < -0.39 is 10.0 Å². The minimum absolute atomic E-state index is 0.0292. The Labute approximate surface area is 184 Å². The lowest BCUT2D eigenvalue weighted by molar-refractivity contribution is -0.123. The molecule has 2 amide bonds. The third kappa shape index (κ3) is 3.11. The number of benzene rings is 1. The van der Waals surface area contributed by atoms with Crippen LogP contribution in [0.15, 0.2) is 47.4 Å². The maximum Gasteiger partial charge on any atom is 0.321 e. The number of carbonyl (C=O) groups is 2. The molecule has 2 heterocycles. The largest absolute Gasteiger partial charge is 0.481 e. The van der Waals surface area contributed by atoms with Gasteiger partial charge in [0.15, 0.2) is 5.82 Å². The Morgan fingerprint density at radius 3 is 2.16 bits per heavy atom. The van der Waals surface area contributed by atoms with Crippen molar-refractivity contribution in [2.45, 2.75) is 11.3 Å². The molecular formula is C21H20N4O6S. The lowest BCUT2D eigenvalue weighted by atomic mass is 9.85. The zero-order valence-corrected chi connectivity index (χ0v) is 18.1. The fourth-order valence-corrected chi connectivity index (χ4v) is 5.77. The number of carbonyl (C=O) groups excluding carboxylic acids is 2. The average molecular weight is 456 g/mol. The van der Waals surface area contributed by atoms with Gasteiger partial charge in [0.25, 0.3) is 10.0 Å². The zero-order valence-electron chi connectivity index (χ0n) is 17.3. The van der Waals surface area contributed by atoms with Gasteiger partial charge in [-0.3, -0.25) is 19.2 Å². The van der Waals surface area contributed by atoms with Crippen molar-refractivity contribution < 1.29 is 27.5 Å². The van der Waals surface area contributed by atoms with Gasteiger partial charge in [-0.25, -0.2) is 8.42 Å². The second-order valence-corrected chi connectivity index (χ2v) is 9.58. The van der Waals surface area contributed by atoms with E-state index >= 15 is 0 Å². The minimum atomic E-state index is -4.00. The van der Waals surface area contributed by atoms with Gasteiger partial charge >= 0.3 is 6.01 Å². The summed E-state index contributed by atoms with van der Waals surface area (Å²) in [6.45, 7) is 0. The van der Waals surface area contributed by atoms with Crippen molar-refractivity contribution in [3.63, 3.8) is 0 Å². The highest BCUT2D eigenvalue weighted by Crippen LogP contribution is 2.53. The van der Waals surface area contributed by atoms with Crippen molar-refractivity contribution in [2.24, 2.45) is 23.7 Å². The van der Waals surface area contributed by atoms with Gasteiger partial charge in [0.1, 0.15) is 0 Å². The Morgan fingerprint density at radius 2 is 1.59 bits per heavy atom. The minimum Gasteiger partial charge on any atom is -0.481 e. The number of hydrogen-bond donors (Lipinski definition) is 1. The number of fused-ring (bicyclic) bond motifs is 5. The number of anilines is 2. The predicted octanol–water partition coefficient (Wildman–Crippen LogP) is 1.61. The first kappa shape index (κ1) is 20.4. The molecule has 1 aromatic heterocycles. The smallest absolute Gasteiger partial charge is 0.321 e. The first-order chi connectivity index (χ1) is 15.3. The van der Waals surface area contributed by atoms with Crippen LogP contribution < -0.4 is 19.1 Å². The molecular weight excluding hydrogens is 436 g/mol. The fraction of sp³-hybridized carbons (Fsp3) is 0.333. The molecule has 0 unspecified atom stereocenters. The summed E-state index contributed by atoms with van der Waals surface area (Å²) >= 11 is 0. The van der Waals surface area contributed by atoms with Crippen LogP contribution in [-0.4, -0.2) is 44.4 Å². The lowest BCUT2D eigenvalue weighted by Gasteiger charge is -2.17. The summed E-state index contributed by atoms with van der Waals surface area (Å²) in [5.41, 5.74) is 0.359.